The van der Waals surface area contributed by atoms with Gasteiger partial charge < -0.3 is 19.9 Å². The molecule has 0 aliphatic carbocycles. The number of ether oxygens (including phenoxy) is 3. The molecule has 0 saturated carbocycles. The van der Waals surface area contributed by atoms with Gasteiger partial charge in [-0.1, -0.05) is 19.9 Å². The van der Waals surface area contributed by atoms with E-state index in [1.807, 2.05) is 13.8 Å². The lowest BCUT2D eigenvalue weighted by molar-refractivity contribution is -0.147. The topological polar surface area (TPSA) is 105 Å². The monoisotopic (exact) mass is 407 g/mol. The summed E-state index contributed by atoms with van der Waals surface area (Å²) in [7, 11) is 1.26. The van der Waals surface area contributed by atoms with Crippen molar-refractivity contribution in [2.24, 2.45) is 16.6 Å². The van der Waals surface area contributed by atoms with Gasteiger partial charge in [0.2, 0.25) is 0 Å². The Kier molecular flexibility index (Phi) is 8.38. The molecule has 0 bridgehead atoms. The molecule has 0 aromatic heterocycles. The van der Waals surface area contributed by atoms with Crippen molar-refractivity contribution < 1.29 is 28.6 Å². The molecule has 162 valence electrons. The maximum atomic E-state index is 12.6. The summed E-state index contributed by atoms with van der Waals surface area (Å²) in [5.41, 5.74) is 5.09. The first-order chi connectivity index (χ1) is 13.4. The lowest BCUT2D eigenvalue weighted by atomic mass is 9.90. The molecule has 0 heterocycles. The Morgan fingerprint density at radius 2 is 1.41 bits per heavy atom. The van der Waals surface area contributed by atoms with Crippen molar-refractivity contribution in [1.82, 2.24) is 0 Å². The number of carbonyl (C=O) groups excluding carboxylic acids is 3. The van der Waals surface area contributed by atoms with E-state index in [1.54, 1.807) is 45.9 Å². The van der Waals surface area contributed by atoms with Crippen molar-refractivity contribution in [2.45, 2.75) is 66.8 Å². The van der Waals surface area contributed by atoms with Crippen LogP contribution in [0.3, 0.4) is 0 Å². The van der Waals surface area contributed by atoms with E-state index in [2.05, 4.69) is 4.74 Å². The second-order valence-electron chi connectivity index (χ2n) is 8.37. The third kappa shape index (κ3) is 6.56. The molecule has 0 saturated heterocycles. The van der Waals surface area contributed by atoms with Gasteiger partial charge in [-0.3, -0.25) is 14.4 Å². The number of hydrogen-bond donors (Lipinski definition) is 1. The van der Waals surface area contributed by atoms with Gasteiger partial charge in [0.1, 0.15) is 6.04 Å². The molecule has 0 unspecified atom stereocenters. The Morgan fingerprint density at radius 1 is 0.931 bits per heavy atom. The summed E-state index contributed by atoms with van der Waals surface area (Å²) in [6.07, 6.45) is 1.36. The number of rotatable bonds is 9. The molecule has 0 fully saturated rings. The average Bonchev–Trinajstić information content (AvgIpc) is 2.68. The first-order valence-corrected chi connectivity index (χ1v) is 9.78. The fourth-order valence-corrected chi connectivity index (χ4v) is 2.10. The van der Waals surface area contributed by atoms with Gasteiger partial charge in [-0.05, 0) is 64.7 Å². The summed E-state index contributed by atoms with van der Waals surface area (Å²) in [6.45, 7) is 10.9. The number of nitrogens with two attached hydrogens (primary N) is 1. The van der Waals surface area contributed by atoms with Crippen molar-refractivity contribution in [1.29, 1.82) is 0 Å². The highest BCUT2D eigenvalue weighted by atomic mass is 16.6. The SMILES string of the molecule is CCC(C)(C)C(=O)Oc1ccc(C[C@H](N)C(=O)OC)cc1OC(=O)C(C)(C)CC. The largest absolute Gasteiger partial charge is 0.468 e. The van der Waals surface area contributed by atoms with Crippen LogP contribution in [-0.2, 0) is 25.5 Å². The van der Waals surface area contributed by atoms with Gasteiger partial charge >= 0.3 is 17.9 Å². The third-order valence-electron chi connectivity index (χ3n) is 5.25. The standard InChI is InChI=1S/C22H33NO6/c1-8-21(3,4)19(25)28-16-11-10-14(12-15(23)18(24)27-7)13-17(16)29-20(26)22(5,6)9-2/h10-11,13,15H,8-9,12,23H2,1-7H3/t15-/m0/s1. The Labute approximate surface area is 172 Å². The first kappa shape index (κ1) is 24.6. The molecule has 7 heteroatoms. The van der Waals surface area contributed by atoms with E-state index in [1.165, 1.54) is 7.11 Å². The second kappa shape index (κ2) is 9.87. The maximum absolute atomic E-state index is 12.6. The minimum Gasteiger partial charge on any atom is -0.468 e. The van der Waals surface area contributed by atoms with Crippen LogP contribution in [0.2, 0.25) is 0 Å². The van der Waals surface area contributed by atoms with Crippen molar-refractivity contribution in [3.05, 3.63) is 23.8 Å². The van der Waals surface area contributed by atoms with Crippen LogP contribution >= 0.6 is 0 Å². The van der Waals surface area contributed by atoms with E-state index in [0.29, 0.717) is 18.4 Å². The Morgan fingerprint density at radius 3 is 1.86 bits per heavy atom. The molecule has 0 aliphatic rings. The zero-order valence-electron chi connectivity index (χ0n) is 18.5. The maximum Gasteiger partial charge on any atom is 0.322 e. The minimum absolute atomic E-state index is 0.117. The molecule has 1 aromatic carbocycles. The molecule has 0 amide bonds. The van der Waals surface area contributed by atoms with Gasteiger partial charge in [-0.2, -0.15) is 0 Å². The molecule has 29 heavy (non-hydrogen) atoms. The van der Waals surface area contributed by atoms with Crippen molar-refractivity contribution in [3.63, 3.8) is 0 Å². The molecule has 1 aromatic rings. The molecule has 0 radical (unpaired) electrons. The van der Waals surface area contributed by atoms with Crippen molar-refractivity contribution in [2.75, 3.05) is 7.11 Å². The van der Waals surface area contributed by atoms with Crippen LogP contribution in [0.15, 0.2) is 18.2 Å². The van der Waals surface area contributed by atoms with E-state index >= 15 is 0 Å². The number of hydrogen-bond acceptors (Lipinski definition) is 7. The molecule has 0 spiro atoms. The van der Waals surface area contributed by atoms with Gasteiger partial charge in [0.15, 0.2) is 11.5 Å². The molecule has 1 atom stereocenters. The van der Waals surface area contributed by atoms with Gasteiger partial charge in [0, 0.05) is 0 Å². The quantitative estimate of drug-likeness (QED) is 0.494. The average molecular weight is 408 g/mol. The van der Waals surface area contributed by atoms with Crippen LogP contribution in [0, 0.1) is 10.8 Å². The Bertz CT molecular complexity index is 754. The second-order valence-corrected chi connectivity index (χ2v) is 8.37. The van der Waals surface area contributed by atoms with Crippen LogP contribution in [-0.4, -0.2) is 31.1 Å². The highest BCUT2D eigenvalue weighted by Gasteiger charge is 2.31. The van der Waals surface area contributed by atoms with Gasteiger partial charge in [-0.15, -0.1) is 0 Å². The Balaban J connectivity index is 3.24. The zero-order chi connectivity index (χ0) is 22.4. The fraction of sp³-hybridized carbons (Fsp3) is 0.591. The number of methoxy groups -OCH3 is 1. The Hall–Kier alpha value is -2.41. The molecule has 2 N–H and O–H groups in total. The molecule has 1 rings (SSSR count). The van der Waals surface area contributed by atoms with E-state index < -0.39 is 34.8 Å². The van der Waals surface area contributed by atoms with E-state index in [0.717, 1.165) is 0 Å². The number of esters is 3. The van der Waals surface area contributed by atoms with Crippen molar-refractivity contribution in [3.8, 4) is 11.5 Å². The van der Waals surface area contributed by atoms with Crippen LogP contribution in [0.5, 0.6) is 11.5 Å². The van der Waals surface area contributed by atoms with Crippen LogP contribution in [0.1, 0.15) is 59.9 Å². The van der Waals surface area contributed by atoms with Gasteiger partial charge in [0.05, 0.1) is 17.9 Å². The molecule has 0 aliphatic heterocycles. The molecular weight excluding hydrogens is 374 g/mol. The summed E-state index contributed by atoms with van der Waals surface area (Å²) in [6, 6.07) is 3.92. The summed E-state index contributed by atoms with van der Waals surface area (Å²) < 4.78 is 15.8. The molecular formula is C22H33NO6. The normalized spacial score (nSPS) is 12.8. The van der Waals surface area contributed by atoms with Crippen LogP contribution in [0.4, 0.5) is 0 Å². The van der Waals surface area contributed by atoms with Crippen LogP contribution < -0.4 is 15.2 Å². The first-order valence-electron chi connectivity index (χ1n) is 9.78. The van der Waals surface area contributed by atoms with Gasteiger partial charge in [-0.25, -0.2) is 0 Å². The predicted octanol–water partition coefficient (Wildman–Crippen LogP) is 3.41. The smallest absolute Gasteiger partial charge is 0.322 e. The minimum atomic E-state index is -0.858. The molecule has 7 nitrogen and oxygen atoms in total. The van der Waals surface area contributed by atoms with Gasteiger partial charge in [0.25, 0.3) is 0 Å². The predicted molar refractivity (Wildman–Crippen MR) is 110 cm³/mol. The van der Waals surface area contributed by atoms with E-state index in [-0.39, 0.29) is 17.9 Å². The summed E-state index contributed by atoms with van der Waals surface area (Å²) in [5, 5.41) is 0. The lowest BCUT2D eigenvalue weighted by Gasteiger charge is -2.23. The number of carbonyl (C=O) groups is 3. The highest BCUT2D eigenvalue weighted by molar-refractivity contribution is 5.81. The summed E-state index contributed by atoms with van der Waals surface area (Å²) in [4.78, 5) is 36.7. The van der Waals surface area contributed by atoms with Crippen LogP contribution in [0.25, 0.3) is 0 Å². The summed E-state index contributed by atoms with van der Waals surface area (Å²) >= 11 is 0. The lowest BCUT2D eigenvalue weighted by Crippen LogP contribution is -2.33. The van der Waals surface area contributed by atoms with Crippen molar-refractivity contribution >= 4 is 17.9 Å². The fourth-order valence-electron chi connectivity index (χ4n) is 2.10. The van der Waals surface area contributed by atoms with E-state index in [4.69, 9.17) is 15.2 Å². The van der Waals surface area contributed by atoms with E-state index in [9.17, 15) is 14.4 Å². The third-order valence-corrected chi connectivity index (χ3v) is 5.25. The number of benzene rings is 1. The summed E-state index contributed by atoms with van der Waals surface area (Å²) in [5.74, 6) is -1.15. The highest BCUT2D eigenvalue weighted by Crippen LogP contribution is 2.34. The zero-order valence-corrected chi connectivity index (χ0v) is 18.5.